The minimum atomic E-state index is -3.29. The van der Waals surface area contributed by atoms with Gasteiger partial charge in [0.05, 0.1) is 15.7 Å². The molecule has 1 N–H and O–H groups in total. The highest BCUT2D eigenvalue weighted by Gasteiger charge is 2.37. The predicted octanol–water partition coefficient (Wildman–Crippen LogP) is 0.726. The van der Waals surface area contributed by atoms with Crippen molar-refractivity contribution in [2.24, 2.45) is 0 Å². The molecule has 0 radical (unpaired) electrons. The molecule has 1 aromatic carbocycles. The van der Waals surface area contributed by atoms with E-state index in [0.29, 0.717) is 12.8 Å². The molecule has 0 unspecified atom stereocenters. The van der Waals surface area contributed by atoms with E-state index in [9.17, 15) is 13.2 Å². The van der Waals surface area contributed by atoms with Crippen LogP contribution in [0.4, 0.5) is 0 Å². The number of aliphatic carboxylic acids is 1. The molecule has 0 bridgehead atoms. The second-order valence-corrected chi connectivity index (χ2v) is 6.25. The molecule has 1 aromatic rings. The summed E-state index contributed by atoms with van der Waals surface area (Å²) in [4.78, 5) is 13.6. The molecular formula is C11H10N2O4S. The third-order valence-corrected chi connectivity index (χ3v) is 5.00. The first kappa shape index (κ1) is 12.5. The van der Waals surface area contributed by atoms with Crippen molar-refractivity contribution in [3.63, 3.8) is 0 Å². The molecule has 1 fully saturated rings. The Hall–Kier alpha value is -1.98. The number of sulfone groups is 1. The van der Waals surface area contributed by atoms with Crippen LogP contribution in [0.15, 0.2) is 29.2 Å². The Morgan fingerprint density at radius 3 is 2.22 bits per heavy atom. The maximum Gasteiger partial charge on any atom is 0.419 e. The zero-order valence-electron chi connectivity index (χ0n) is 9.28. The van der Waals surface area contributed by atoms with E-state index in [0.717, 1.165) is 0 Å². The van der Waals surface area contributed by atoms with Crippen LogP contribution in [0, 0.1) is 0 Å². The van der Waals surface area contributed by atoms with E-state index in [2.05, 4.69) is 4.79 Å². The molecule has 0 amide bonds. The van der Waals surface area contributed by atoms with Crippen LogP contribution in [-0.2, 0) is 14.6 Å². The van der Waals surface area contributed by atoms with E-state index in [1.54, 1.807) is 0 Å². The molecular weight excluding hydrogens is 256 g/mol. The maximum absolute atomic E-state index is 11.9. The number of nitrogens with zero attached hydrogens (tertiary/aromatic N) is 2. The number of carboxylic acid groups (broad SMARTS) is 1. The molecule has 18 heavy (non-hydrogen) atoms. The standard InChI is InChI=1S/C11H10N2O4S/c12-13-10(11(14)15)7-1-3-8(4-2-7)18(16,17)9-5-6-9/h1-4,9H,5-6H2,(H,14,15). The topological polar surface area (TPSA) is 108 Å². The first-order chi connectivity index (χ1) is 8.46. The minimum Gasteiger partial charge on any atom is -0.472 e. The van der Waals surface area contributed by atoms with Crippen molar-refractivity contribution >= 4 is 21.5 Å². The Labute approximate surface area is 103 Å². The summed E-state index contributed by atoms with van der Waals surface area (Å²) in [7, 11) is -3.29. The van der Waals surface area contributed by atoms with Crippen molar-refractivity contribution in [2.45, 2.75) is 23.0 Å². The number of carboxylic acids is 1. The lowest BCUT2D eigenvalue weighted by atomic mass is 10.1. The SMILES string of the molecule is [N-]=[N+]=C(C(=O)O)c1ccc(S(=O)(=O)C2CC2)cc1. The van der Waals surface area contributed by atoms with Gasteiger partial charge in [0.1, 0.15) is 0 Å². The number of hydrogen-bond donors (Lipinski definition) is 1. The van der Waals surface area contributed by atoms with Crippen LogP contribution >= 0.6 is 0 Å². The van der Waals surface area contributed by atoms with Crippen LogP contribution in [0.1, 0.15) is 18.4 Å². The number of rotatable bonds is 4. The van der Waals surface area contributed by atoms with Gasteiger partial charge in [0.15, 0.2) is 9.84 Å². The van der Waals surface area contributed by atoms with E-state index in [1.807, 2.05) is 0 Å². The van der Waals surface area contributed by atoms with Crippen LogP contribution in [0.5, 0.6) is 0 Å². The Morgan fingerprint density at radius 2 is 1.83 bits per heavy atom. The lowest BCUT2D eigenvalue weighted by Crippen LogP contribution is -2.15. The quantitative estimate of drug-likeness (QED) is 0.492. The Balaban J connectivity index is 2.36. The summed E-state index contributed by atoms with van der Waals surface area (Å²) in [5.74, 6) is -1.38. The van der Waals surface area contributed by atoms with Crippen LogP contribution < -0.4 is 0 Å². The first-order valence-corrected chi connectivity index (χ1v) is 6.81. The Bertz CT molecular complexity index is 638. The molecule has 6 nitrogen and oxygen atoms in total. The highest BCUT2D eigenvalue weighted by atomic mass is 32.2. The summed E-state index contributed by atoms with van der Waals surface area (Å²) in [6.07, 6.45) is 1.34. The fourth-order valence-corrected chi connectivity index (χ4v) is 3.25. The smallest absolute Gasteiger partial charge is 0.419 e. The lowest BCUT2D eigenvalue weighted by molar-refractivity contribution is -0.133. The van der Waals surface area contributed by atoms with Gasteiger partial charge in [-0.1, -0.05) is 0 Å². The maximum atomic E-state index is 11.9. The summed E-state index contributed by atoms with van der Waals surface area (Å²) in [6, 6.07) is 5.30. The predicted molar refractivity (Wildman–Crippen MR) is 62.0 cm³/mol. The molecule has 0 heterocycles. The van der Waals surface area contributed by atoms with E-state index in [1.165, 1.54) is 24.3 Å². The fourth-order valence-electron chi connectivity index (χ4n) is 1.60. The van der Waals surface area contributed by atoms with Gasteiger partial charge >= 0.3 is 11.7 Å². The average molecular weight is 266 g/mol. The molecule has 0 aliphatic heterocycles. The van der Waals surface area contributed by atoms with Gasteiger partial charge in [0.25, 0.3) is 0 Å². The second kappa shape index (κ2) is 4.36. The van der Waals surface area contributed by atoms with Gasteiger partial charge < -0.3 is 10.6 Å². The van der Waals surface area contributed by atoms with E-state index < -0.39 is 21.5 Å². The monoisotopic (exact) mass is 266 g/mol. The van der Waals surface area contributed by atoms with Crippen LogP contribution in [0.2, 0.25) is 0 Å². The molecule has 7 heteroatoms. The van der Waals surface area contributed by atoms with E-state index >= 15 is 0 Å². The summed E-state index contributed by atoms with van der Waals surface area (Å²) in [5, 5.41) is 8.43. The van der Waals surface area contributed by atoms with Gasteiger partial charge in [-0.05, 0) is 37.1 Å². The summed E-state index contributed by atoms with van der Waals surface area (Å²) in [6.45, 7) is 0. The highest BCUT2D eigenvalue weighted by Crippen LogP contribution is 2.33. The molecule has 0 saturated heterocycles. The third-order valence-electron chi connectivity index (χ3n) is 2.72. The number of hydrogen-bond acceptors (Lipinski definition) is 3. The second-order valence-electron chi connectivity index (χ2n) is 4.02. The van der Waals surface area contributed by atoms with Crippen LogP contribution in [0.3, 0.4) is 0 Å². The minimum absolute atomic E-state index is 0.153. The van der Waals surface area contributed by atoms with Crippen molar-refractivity contribution < 1.29 is 23.1 Å². The molecule has 2 rings (SSSR count). The Morgan fingerprint density at radius 1 is 1.28 bits per heavy atom. The summed E-state index contributed by atoms with van der Waals surface area (Å²) >= 11 is 0. The van der Waals surface area contributed by atoms with E-state index in [-0.39, 0.29) is 15.7 Å². The largest absolute Gasteiger partial charge is 0.472 e. The Kier molecular flexibility index (Phi) is 3.02. The van der Waals surface area contributed by atoms with Crippen molar-refractivity contribution in [1.29, 1.82) is 0 Å². The van der Waals surface area contributed by atoms with Gasteiger partial charge in [-0.15, -0.1) is 0 Å². The molecule has 1 aliphatic rings. The zero-order valence-corrected chi connectivity index (χ0v) is 10.1. The van der Waals surface area contributed by atoms with Crippen molar-refractivity contribution in [2.75, 3.05) is 0 Å². The molecule has 1 aliphatic carbocycles. The summed E-state index contributed by atoms with van der Waals surface area (Å²) < 4.78 is 23.8. The van der Waals surface area contributed by atoms with E-state index in [4.69, 9.17) is 10.6 Å². The highest BCUT2D eigenvalue weighted by molar-refractivity contribution is 7.92. The van der Waals surface area contributed by atoms with Gasteiger partial charge in [0, 0.05) is 0 Å². The van der Waals surface area contributed by atoms with Crippen molar-refractivity contribution in [3.8, 4) is 0 Å². The van der Waals surface area contributed by atoms with Gasteiger partial charge in [-0.3, -0.25) is 0 Å². The molecule has 0 spiro atoms. The summed E-state index contributed by atoms with van der Waals surface area (Å²) in [5.41, 5.74) is 8.20. The normalized spacial score (nSPS) is 14.9. The van der Waals surface area contributed by atoms with Gasteiger partial charge in [-0.2, -0.15) is 4.79 Å². The van der Waals surface area contributed by atoms with Crippen molar-refractivity contribution in [1.82, 2.24) is 0 Å². The molecule has 94 valence electrons. The van der Waals surface area contributed by atoms with Crippen molar-refractivity contribution in [3.05, 3.63) is 35.4 Å². The zero-order chi connectivity index (χ0) is 13.3. The van der Waals surface area contributed by atoms with Crippen LogP contribution in [0.25, 0.3) is 5.53 Å². The molecule has 0 aromatic heterocycles. The first-order valence-electron chi connectivity index (χ1n) is 5.26. The fraction of sp³-hybridized carbons (Fsp3) is 0.273. The molecule has 1 saturated carbocycles. The third kappa shape index (κ3) is 2.18. The van der Waals surface area contributed by atoms with Gasteiger partial charge in [-0.25, -0.2) is 13.2 Å². The van der Waals surface area contributed by atoms with Gasteiger partial charge in [0.2, 0.25) is 0 Å². The number of benzene rings is 1. The van der Waals surface area contributed by atoms with Crippen LogP contribution in [-0.4, -0.2) is 35.2 Å². The average Bonchev–Trinajstić information content (AvgIpc) is 3.14. The molecule has 0 atom stereocenters. The number of carbonyl (C=O) groups is 1. The lowest BCUT2D eigenvalue weighted by Gasteiger charge is -2.02.